The van der Waals surface area contributed by atoms with Gasteiger partial charge in [-0.2, -0.15) is 0 Å². The molecule has 3 rings (SSSR count). The van der Waals surface area contributed by atoms with E-state index in [1.165, 1.54) is 5.56 Å². The molecule has 0 aliphatic heterocycles. The molecular formula is C15H14O2. The van der Waals surface area contributed by atoms with Gasteiger partial charge in [0, 0.05) is 12.0 Å². The first-order valence-electron chi connectivity index (χ1n) is 5.92. The standard InChI is InChI=1S/C15H14O2/c1-17-13-6-5-10-9-14-11(7-12(10)8-13)3-2-4-15(14)16/h5-9H,2-4H2,1H3. The summed E-state index contributed by atoms with van der Waals surface area (Å²) in [5.74, 6) is 1.14. The lowest BCUT2D eigenvalue weighted by Gasteiger charge is -2.15. The normalized spacial score (nSPS) is 14.8. The number of hydrogen-bond acceptors (Lipinski definition) is 2. The molecule has 2 aromatic rings. The van der Waals surface area contributed by atoms with Gasteiger partial charge < -0.3 is 4.74 Å². The largest absolute Gasteiger partial charge is 0.497 e. The van der Waals surface area contributed by atoms with Crippen LogP contribution in [0.3, 0.4) is 0 Å². The van der Waals surface area contributed by atoms with Crippen LogP contribution in [0.1, 0.15) is 28.8 Å². The molecule has 0 bridgehead atoms. The number of carbonyl (C=O) groups is 1. The summed E-state index contributed by atoms with van der Waals surface area (Å²) >= 11 is 0. The molecular weight excluding hydrogens is 212 g/mol. The molecule has 2 aromatic carbocycles. The Balaban J connectivity index is 2.23. The Hall–Kier alpha value is -1.83. The van der Waals surface area contributed by atoms with Gasteiger partial charge in [-0.3, -0.25) is 4.79 Å². The number of rotatable bonds is 1. The van der Waals surface area contributed by atoms with Crippen molar-refractivity contribution in [2.24, 2.45) is 0 Å². The van der Waals surface area contributed by atoms with Crippen LogP contribution in [-0.4, -0.2) is 12.9 Å². The second kappa shape index (κ2) is 3.88. The van der Waals surface area contributed by atoms with Crippen LogP contribution in [0.5, 0.6) is 5.75 Å². The van der Waals surface area contributed by atoms with Crippen LogP contribution in [0.4, 0.5) is 0 Å². The second-order valence-corrected chi connectivity index (χ2v) is 4.50. The summed E-state index contributed by atoms with van der Waals surface area (Å²) in [4.78, 5) is 11.8. The lowest BCUT2D eigenvalue weighted by atomic mass is 9.88. The Morgan fingerprint density at radius 3 is 2.76 bits per heavy atom. The molecule has 2 heteroatoms. The summed E-state index contributed by atoms with van der Waals surface area (Å²) in [6, 6.07) is 10.1. The third-order valence-electron chi connectivity index (χ3n) is 3.42. The third-order valence-corrected chi connectivity index (χ3v) is 3.42. The smallest absolute Gasteiger partial charge is 0.163 e. The zero-order valence-electron chi connectivity index (χ0n) is 9.82. The van der Waals surface area contributed by atoms with E-state index in [0.717, 1.165) is 34.9 Å². The summed E-state index contributed by atoms with van der Waals surface area (Å²) in [7, 11) is 1.67. The van der Waals surface area contributed by atoms with Gasteiger partial charge in [0.15, 0.2) is 5.78 Å². The van der Waals surface area contributed by atoms with Crippen molar-refractivity contribution < 1.29 is 9.53 Å². The molecule has 0 unspecified atom stereocenters. The third kappa shape index (κ3) is 1.70. The van der Waals surface area contributed by atoms with E-state index < -0.39 is 0 Å². The maximum Gasteiger partial charge on any atom is 0.163 e. The van der Waals surface area contributed by atoms with E-state index in [1.807, 2.05) is 24.3 Å². The highest BCUT2D eigenvalue weighted by molar-refractivity contribution is 6.02. The predicted octanol–water partition coefficient (Wildman–Crippen LogP) is 3.37. The van der Waals surface area contributed by atoms with Crippen molar-refractivity contribution in [1.82, 2.24) is 0 Å². The molecule has 0 aromatic heterocycles. The molecule has 0 saturated carbocycles. The first-order valence-corrected chi connectivity index (χ1v) is 5.92. The van der Waals surface area contributed by atoms with E-state index in [0.29, 0.717) is 6.42 Å². The van der Waals surface area contributed by atoms with Gasteiger partial charge in [-0.1, -0.05) is 12.1 Å². The van der Waals surface area contributed by atoms with E-state index in [2.05, 4.69) is 6.07 Å². The Morgan fingerprint density at radius 2 is 1.94 bits per heavy atom. The van der Waals surface area contributed by atoms with E-state index in [9.17, 15) is 4.79 Å². The molecule has 0 spiro atoms. The highest BCUT2D eigenvalue weighted by atomic mass is 16.5. The zero-order valence-corrected chi connectivity index (χ0v) is 9.82. The van der Waals surface area contributed by atoms with Crippen LogP contribution in [0.25, 0.3) is 10.8 Å². The van der Waals surface area contributed by atoms with Gasteiger partial charge in [-0.25, -0.2) is 0 Å². The zero-order chi connectivity index (χ0) is 11.8. The van der Waals surface area contributed by atoms with Gasteiger partial charge in [0.05, 0.1) is 7.11 Å². The van der Waals surface area contributed by atoms with Crippen molar-refractivity contribution in [3.8, 4) is 5.75 Å². The minimum absolute atomic E-state index is 0.281. The van der Waals surface area contributed by atoms with Crippen molar-refractivity contribution in [3.05, 3.63) is 41.5 Å². The number of hydrogen-bond donors (Lipinski definition) is 0. The van der Waals surface area contributed by atoms with Crippen LogP contribution in [0.2, 0.25) is 0 Å². The number of benzene rings is 2. The van der Waals surface area contributed by atoms with Crippen molar-refractivity contribution >= 4 is 16.6 Å². The molecule has 2 nitrogen and oxygen atoms in total. The Kier molecular flexibility index (Phi) is 2.36. The van der Waals surface area contributed by atoms with E-state index in [4.69, 9.17) is 4.74 Å². The molecule has 0 atom stereocenters. The number of Topliss-reactive ketones (excluding diaryl/α,β-unsaturated/α-hetero) is 1. The lowest BCUT2D eigenvalue weighted by Crippen LogP contribution is -2.10. The fraction of sp³-hybridized carbons (Fsp3) is 0.267. The quantitative estimate of drug-likeness (QED) is 0.745. The predicted molar refractivity (Wildman–Crippen MR) is 67.8 cm³/mol. The molecule has 1 aliphatic carbocycles. The number of ketones is 1. The maximum absolute atomic E-state index is 11.8. The van der Waals surface area contributed by atoms with Gasteiger partial charge in [0.2, 0.25) is 0 Å². The second-order valence-electron chi connectivity index (χ2n) is 4.50. The molecule has 17 heavy (non-hydrogen) atoms. The SMILES string of the molecule is COc1ccc2cc3c(cc2c1)CCCC3=O. The average molecular weight is 226 g/mol. The summed E-state index contributed by atoms with van der Waals surface area (Å²) in [6.07, 6.45) is 2.67. The molecule has 0 amide bonds. The molecule has 0 fully saturated rings. The lowest BCUT2D eigenvalue weighted by molar-refractivity contribution is 0.0972. The molecule has 0 heterocycles. The first-order chi connectivity index (χ1) is 8.28. The van der Waals surface area contributed by atoms with Crippen molar-refractivity contribution in [2.45, 2.75) is 19.3 Å². The fourth-order valence-electron chi connectivity index (χ4n) is 2.49. The van der Waals surface area contributed by atoms with E-state index in [1.54, 1.807) is 7.11 Å². The van der Waals surface area contributed by atoms with Crippen LogP contribution >= 0.6 is 0 Å². The fourth-order valence-corrected chi connectivity index (χ4v) is 2.49. The minimum atomic E-state index is 0.281. The van der Waals surface area contributed by atoms with E-state index >= 15 is 0 Å². The van der Waals surface area contributed by atoms with Crippen molar-refractivity contribution in [1.29, 1.82) is 0 Å². The van der Waals surface area contributed by atoms with E-state index in [-0.39, 0.29) is 5.78 Å². The van der Waals surface area contributed by atoms with Gasteiger partial charge in [-0.05, 0) is 47.4 Å². The Bertz CT molecular complexity index is 599. The topological polar surface area (TPSA) is 26.3 Å². The summed E-state index contributed by atoms with van der Waals surface area (Å²) in [5.41, 5.74) is 2.09. The van der Waals surface area contributed by atoms with Gasteiger partial charge in [0.25, 0.3) is 0 Å². The molecule has 86 valence electrons. The van der Waals surface area contributed by atoms with Gasteiger partial charge in [-0.15, -0.1) is 0 Å². The number of carbonyl (C=O) groups excluding carboxylic acids is 1. The number of methoxy groups -OCH3 is 1. The maximum atomic E-state index is 11.8. The monoisotopic (exact) mass is 226 g/mol. The highest BCUT2D eigenvalue weighted by Gasteiger charge is 2.17. The van der Waals surface area contributed by atoms with Crippen LogP contribution in [-0.2, 0) is 6.42 Å². The summed E-state index contributed by atoms with van der Waals surface area (Å²) < 4.78 is 5.22. The Morgan fingerprint density at radius 1 is 1.06 bits per heavy atom. The number of aryl methyl sites for hydroxylation is 1. The number of ether oxygens (including phenoxy) is 1. The molecule has 0 N–H and O–H groups in total. The first kappa shape index (κ1) is 10.3. The molecule has 0 radical (unpaired) electrons. The van der Waals surface area contributed by atoms with Crippen LogP contribution in [0, 0.1) is 0 Å². The van der Waals surface area contributed by atoms with Gasteiger partial charge >= 0.3 is 0 Å². The van der Waals surface area contributed by atoms with Crippen LogP contribution in [0.15, 0.2) is 30.3 Å². The van der Waals surface area contributed by atoms with Crippen molar-refractivity contribution in [3.63, 3.8) is 0 Å². The average Bonchev–Trinajstić information content (AvgIpc) is 2.36. The van der Waals surface area contributed by atoms with Gasteiger partial charge in [0.1, 0.15) is 5.75 Å². The summed E-state index contributed by atoms with van der Waals surface area (Å²) in [5, 5.41) is 2.26. The minimum Gasteiger partial charge on any atom is -0.497 e. The number of fused-ring (bicyclic) bond motifs is 2. The molecule has 0 saturated heterocycles. The molecule has 1 aliphatic rings. The highest BCUT2D eigenvalue weighted by Crippen LogP contribution is 2.28. The van der Waals surface area contributed by atoms with Crippen molar-refractivity contribution in [2.75, 3.05) is 7.11 Å². The Labute approximate surface area is 100 Å². The summed E-state index contributed by atoms with van der Waals surface area (Å²) in [6.45, 7) is 0. The van der Waals surface area contributed by atoms with Crippen LogP contribution < -0.4 is 4.74 Å².